The van der Waals surface area contributed by atoms with Gasteiger partial charge in [-0.05, 0) is 76.7 Å². The average molecular weight is 580 g/mol. The number of carbonyl (C=O) groups is 2. The number of anilines is 1. The lowest BCUT2D eigenvalue weighted by Gasteiger charge is -2.29. The van der Waals surface area contributed by atoms with Gasteiger partial charge in [0.05, 0.1) is 24.4 Å². The lowest BCUT2D eigenvalue weighted by molar-refractivity contribution is -0.122. The highest BCUT2D eigenvalue weighted by Crippen LogP contribution is 2.38. The fraction of sp³-hybridized carbons (Fsp3) is 0.0870. The highest BCUT2D eigenvalue weighted by Gasteiger charge is 2.36. The molecule has 174 valence electrons. The number of amides is 2. The molecule has 34 heavy (non-hydrogen) atoms. The molecule has 11 heteroatoms. The van der Waals surface area contributed by atoms with Gasteiger partial charge in [0.1, 0.15) is 22.8 Å². The number of hydrogen-bond acceptors (Lipinski definition) is 7. The number of hydrogen-bond donors (Lipinski definition) is 1. The topological polar surface area (TPSA) is 81.0 Å². The van der Waals surface area contributed by atoms with E-state index in [2.05, 4.69) is 21.2 Å². The Labute approximate surface area is 218 Å². The summed E-state index contributed by atoms with van der Waals surface area (Å²) in [5.74, 6) is -0.0269. The largest absolute Gasteiger partial charge is 0.497 e. The maximum absolute atomic E-state index is 13.3. The first-order chi connectivity index (χ1) is 16.3. The zero-order valence-electron chi connectivity index (χ0n) is 17.8. The van der Waals surface area contributed by atoms with Crippen LogP contribution in [0, 0.1) is 0 Å². The van der Waals surface area contributed by atoms with Crippen molar-refractivity contribution < 1.29 is 23.5 Å². The summed E-state index contributed by atoms with van der Waals surface area (Å²) in [7, 11) is 2.98. The van der Waals surface area contributed by atoms with E-state index in [-0.39, 0.29) is 10.7 Å². The van der Waals surface area contributed by atoms with Gasteiger partial charge in [-0.15, -0.1) is 0 Å². The number of thiocarbonyl (C=S) groups is 1. The maximum Gasteiger partial charge on any atom is 0.270 e. The van der Waals surface area contributed by atoms with Crippen LogP contribution in [0.3, 0.4) is 0 Å². The van der Waals surface area contributed by atoms with E-state index in [0.717, 1.165) is 4.90 Å². The Morgan fingerprint density at radius 3 is 2.53 bits per heavy atom. The van der Waals surface area contributed by atoms with Crippen LogP contribution in [0.5, 0.6) is 11.5 Å². The summed E-state index contributed by atoms with van der Waals surface area (Å²) in [5, 5.41) is 3.67. The fourth-order valence-electron chi connectivity index (χ4n) is 3.11. The van der Waals surface area contributed by atoms with Crippen molar-refractivity contribution in [2.75, 3.05) is 19.1 Å². The Hall–Kier alpha value is -2.79. The lowest BCUT2D eigenvalue weighted by atomic mass is 10.1. The molecule has 0 aliphatic carbocycles. The Morgan fingerprint density at radius 1 is 1.12 bits per heavy atom. The third-order valence-electron chi connectivity index (χ3n) is 4.71. The summed E-state index contributed by atoms with van der Waals surface area (Å²) < 4.78 is 17.2. The zero-order valence-corrected chi connectivity index (χ0v) is 21.7. The Balaban J connectivity index is 1.66. The third kappa shape index (κ3) is 5.00. The minimum atomic E-state index is -0.627. The van der Waals surface area contributed by atoms with Crippen molar-refractivity contribution in [1.82, 2.24) is 5.32 Å². The second-order valence-corrected chi connectivity index (χ2v) is 9.56. The predicted molar refractivity (Wildman–Crippen MR) is 138 cm³/mol. The van der Waals surface area contributed by atoms with E-state index < -0.39 is 11.8 Å². The van der Waals surface area contributed by atoms with E-state index in [1.165, 1.54) is 37.0 Å². The molecule has 0 radical (unpaired) electrons. The van der Waals surface area contributed by atoms with Crippen molar-refractivity contribution >= 4 is 80.2 Å². The molecule has 2 aromatic carbocycles. The second kappa shape index (κ2) is 10.2. The van der Waals surface area contributed by atoms with Gasteiger partial charge in [-0.25, -0.2) is 4.90 Å². The number of nitrogens with zero attached hydrogens (tertiary/aromatic N) is 1. The van der Waals surface area contributed by atoms with E-state index in [1.54, 1.807) is 36.4 Å². The van der Waals surface area contributed by atoms with Gasteiger partial charge in [-0.3, -0.25) is 14.9 Å². The Kier molecular flexibility index (Phi) is 7.32. The number of benzene rings is 2. The first-order valence-corrected chi connectivity index (χ1v) is 12.1. The van der Waals surface area contributed by atoms with Crippen molar-refractivity contribution in [3.63, 3.8) is 0 Å². The first kappa shape index (κ1) is 24.3. The molecular weight excluding hydrogens is 564 g/mol. The van der Waals surface area contributed by atoms with Crippen LogP contribution in [0.25, 0.3) is 6.08 Å². The molecule has 0 atom stereocenters. The molecule has 0 spiro atoms. The van der Waals surface area contributed by atoms with Gasteiger partial charge in [0.15, 0.2) is 10.2 Å². The van der Waals surface area contributed by atoms with Gasteiger partial charge in [0.2, 0.25) is 0 Å². The zero-order chi connectivity index (χ0) is 24.4. The minimum absolute atomic E-state index is 0.0600. The number of furan rings is 1. The van der Waals surface area contributed by atoms with Crippen LogP contribution in [0.1, 0.15) is 5.76 Å². The third-order valence-corrected chi connectivity index (χ3v) is 7.10. The van der Waals surface area contributed by atoms with E-state index in [9.17, 15) is 9.59 Å². The molecule has 4 rings (SSSR count). The highest BCUT2D eigenvalue weighted by molar-refractivity contribution is 9.10. The second-order valence-electron chi connectivity index (χ2n) is 6.84. The molecular formula is C23H16BrClN2O5S2. The van der Waals surface area contributed by atoms with Gasteiger partial charge in [-0.1, -0.05) is 23.4 Å². The molecule has 0 saturated carbocycles. The molecule has 1 aliphatic heterocycles. The fourth-order valence-corrected chi connectivity index (χ4v) is 4.84. The number of methoxy groups -OCH3 is 2. The van der Waals surface area contributed by atoms with Crippen LogP contribution in [-0.4, -0.2) is 31.1 Å². The van der Waals surface area contributed by atoms with Crippen LogP contribution in [0.2, 0.25) is 5.02 Å². The molecule has 2 heterocycles. The van der Waals surface area contributed by atoms with Gasteiger partial charge in [0.25, 0.3) is 11.8 Å². The normalized spacial score (nSPS) is 15.0. The summed E-state index contributed by atoms with van der Waals surface area (Å²) in [6, 6.07) is 13.9. The number of nitrogens with one attached hydrogen (secondary N) is 1. The highest BCUT2D eigenvalue weighted by atomic mass is 79.9. The summed E-state index contributed by atoms with van der Waals surface area (Å²) >= 11 is 16.0. The molecule has 0 bridgehead atoms. The van der Waals surface area contributed by atoms with Crippen molar-refractivity contribution in [3.05, 3.63) is 69.4 Å². The van der Waals surface area contributed by atoms with Gasteiger partial charge < -0.3 is 13.9 Å². The van der Waals surface area contributed by atoms with E-state index in [1.807, 2.05) is 12.1 Å². The van der Waals surface area contributed by atoms with Gasteiger partial charge in [-0.2, -0.15) is 0 Å². The summed E-state index contributed by atoms with van der Waals surface area (Å²) in [6.07, 6.45) is 1.37. The number of halogens is 2. The van der Waals surface area contributed by atoms with Crippen molar-refractivity contribution in [3.8, 4) is 11.5 Å². The minimum Gasteiger partial charge on any atom is -0.497 e. The molecule has 1 N–H and O–H groups in total. The molecule has 7 nitrogen and oxygen atoms in total. The molecule has 1 aromatic heterocycles. The van der Waals surface area contributed by atoms with Crippen molar-refractivity contribution in [2.24, 2.45) is 0 Å². The van der Waals surface area contributed by atoms with Crippen LogP contribution in [-0.2, 0) is 9.59 Å². The smallest absolute Gasteiger partial charge is 0.270 e. The van der Waals surface area contributed by atoms with Crippen molar-refractivity contribution in [1.29, 1.82) is 0 Å². The number of ether oxygens (including phenoxy) is 2. The lowest BCUT2D eigenvalue weighted by Crippen LogP contribution is -2.54. The molecule has 1 saturated heterocycles. The van der Waals surface area contributed by atoms with E-state index in [0.29, 0.717) is 37.5 Å². The molecule has 1 aliphatic rings. The first-order valence-electron chi connectivity index (χ1n) is 9.67. The standard InChI is InChI=1S/C23H16BrClN2O5S2/c1-30-13-5-8-18(19(11-13)31-2)27-21(29)16(20(28)26-23(27)33)9-14-10-17(24)22(32-14)34-15-6-3-12(25)4-7-15/h3-11H,1-2H3,(H,26,28,33)/b16-9+. The average Bonchev–Trinajstić information content (AvgIpc) is 3.16. The Bertz CT molecular complexity index is 1320. The van der Waals surface area contributed by atoms with Crippen LogP contribution < -0.4 is 19.7 Å². The summed E-state index contributed by atoms with van der Waals surface area (Å²) in [6.45, 7) is 0. The summed E-state index contributed by atoms with van der Waals surface area (Å²) in [5.41, 5.74) is 0.222. The quantitative estimate of drug-likeness (QED) is 0.228. The van der Waals surface area contributed by atoms with E-state index in [4.69, 9.17) is 37.7 Å². The van der Waals surface area contributed by atoms with E-state index >= 15 is 0 Å². The molecule has 1 fully saturated rings. The molecule has 2 amide bonds. The van der Waals surface area contributed by atoms with Gasteiger partial charge in [0, 0.05) is 16.0 Å². The number of rotatable bonds is 6. The SMILES string of the molecule is COc1ccc(N2C(=O)/C(=C/c3cc(Br)c(Sc4ccc(Cl)cc4)o3)C(=O)NC2=S)c(OC)c1. The predicted octanol–water partition coefficient (Wildman–Crippen LogP) is 5.70. The maximum atomic E-state index is 13.3. The number of carbonyl (C=O) groups excluding carboxylic acids is 2. The van der Waals surface area contributed by atoms with Crippen molar-refractivity contribution in [2.45, 2.75) is 9.99 Å². The monoisotopic (exact) mass is 578 g/mol. The van der Waals surface area contributed by atoms with Crippen LogP contribution >= 0.6 is 51.5 Å². The summed E-state index contributed by atoms with van der Waals surface area (Å²) in [4.78, 5) is 28.1. The Morgan fingerprint density at radius 2 is 1.85 bits per heavy atom. The van der Waals surface area contributed by atoms with Crippen LogP contribution in [0.4, 0.5) is 5.69 Å². The van der Waals surface area contributed by atoms with Gasteiger partial charge >= 0.3 is 0 Å². The van der Waals surface area contributed by atoms with Crippen LogP contribution in [0.15, 0.2) is 73.0 Å². The molecule has 0 unspecified atom stereocenters. The molecule has 3 aromatic rings.